The summed E-state index contributed by atoms with van der Waals surface area (Å²) in [7, 11) is 0. The van der Waals surface area contributed by atoms with Gasteiger partial charge < -0.3 is 14.9 Å². The molecular weight excluding hydrogens is 324 g/mol. The van der Waals surface area contributed by atoms with Crippen molar-refractivity contribution in [1.29, 1.82) is 0 Å². The van der Waals surface area contributed by atoms with E-state index in [0.717, 1.165) is 32.1 Å². The van der Waals surface area contributed by atoms with Crippen LogP contribution in [-0.2, 0) is 4.74 Å². The maximum absolute atomic E-state index is 8.97. The molecule has 0 aliphatic heterocycles. The number of hydrogen-bond donors (Lipinski definition) is 2. The molecule has 0 radical (unpaired) electrons. The fourth-order valence-electron chi connectivity index (χ4n) is 2.43. The molecule has 26 heavy (non-hydrogen) atoms. The second-order valence-corrected chi connectivity index (χ2v) is 6.60. The zero-order valence-electron chi connectivity index (χ0n) is 16.9. The number of allylic oxidation sites excluding steroid dienone is 8. The van der Waals surface area contributed by atoms with Crippen LogP contribution in [0.4, 0.5) is 0 Å². The summed E-state index contributed by atoms with van der Waals surface area (Å²) >= 11 is 0. The molecule has 1 atom stereocenters. The molecule has 0 aromatic carbocycles. The highest BCUT2D eigenvalue weighted by molar-refractivity contribution is 4.99. The van der Waals surface area contributed by atoms with Crippen molar-refractivity contribution in [3.63, 3.8) is 0 Å². The molecule has 3 nitrogen and oxygen atoms in total. The SMILES string of the molecule is CCCCC/C=C/C/C=C/C/C=C/C/C=C/CCC(C)OC(CO)CO. The highest BCUT2D eigenvalue weighted by Crippen LogP contribution is 2.06. The maximum Gasteiger partial charge on any atom is 0.104 e. The van der Waals surface area contributed by atoms with E-state index in [1.807, 2.05) is 6.92 Å². The standard InChI is InChI=1S/C23H40O3/c1-3-4-5-6-7-8-9-10-11-12-13-14-15-16-17-18-19-22(2)26-23(20-24)21-25/h7-8,10-11,13-14,16-17,22-25H,3-6,9,12,15,18-21H2,1-2H3/b8-7+,11-10+,14-13+,17-16+. The smallest absolute Gasteiger partial charge is 0.104 e. The third-order valence-electron chi connectivity index (χ3n) is 4.03. The summed E-state index contributed by atoms with van der Waals surface area (Å²) in [6.07, 6.45) is 27.3. The predicted octanol–water partition coefficient (Wildman–Crippen LogP) is 5.50. The van der Waals surface area contributed by atoms with Gasteiger partial charge in [-0.15, -0.1) is 0 Å². The van der Waals surface area contributed by atoms with Crippen LogP contribution in [0.15, 0.2) is 48.6 Å². The summed E-state index contributed by atoms with van der Waals surface area (Å²) < 4.78 is 5.51. The summed E-state index contributed by atoms with van der Waals surface area (Å²) in [6, 6.07) is 0. The van der Waals surface area contributed by atoms with Crippen LogP contribution in [0.25, 0.3) is 0 Å². The molecule has 2 N–H and O–H groups in total. The van der Waals surface area contributed by atoms with Crippen LogP contribution in [0.3, 0.4) is 0 Å². The topological polar surface area (TPSA) is 49.7 Å². The minimum Gasteiger partial charge on any atom is -0.394 e. The first kappa shape index (κ1) is 24.8. The fraction of sp³-hybridized carbons (Fsp3) is 0.652. The van der Waals surface area contributed by atoms with Gasteiger partial charge in [-0.05, 0) is 51.9 Å². The largest absolute Gasteiger partial charge is 0.394 e. The average molecular weight is 365 g/mol. The lowest BCUT2D eigenvalue weighted by Crippen LogP contribution is -2.26. The lowest BCUT2D eigenvalue weighted by Gasteiger charge is -2.18. The van der Waals surface area contributed by atoms with Crippen molar-refractivity contribution < 1.29 is 14.9 Å². The van der Waals surface area contributed by atoms with Gasteiger partial charge in [-0.2, -0.15) is 0 Å². The van der Waals surface area contributed by atoms with E-state index in [-0.39, 0.29) is 19.3 Å². The van der Waals surface area contributed by atoms with E-state index in [4.69, 9.17) is 14.9 Å². The van der Waals surface area contributed by atoms with Crippen LogP contribution < -0.4 is 0 Å². The van der Waals surface area contributed by atoms with Crippen LogP contribution in [0.1, 0.15) is 71.6 Å². The van der Waals surface area contributed by atoms with Gasteiger partial charge in [-0.3, -0.25) is 0 Å². The first-order valence-electron chi connectivity index (χ1n) is 10.2. The minimum absolute atomic E-state index is 0.0466. The molecular formula is C23H40O3. The molecule has 0 saturated heterocycles. The number of hydrogen-bond acceptors (Lipinski definition) is 3. The summed E-state index contributed by atoms with van der Waals surface area (Å²) in [5.74, 6) is 0. The Balaban J connectivity index is 3.56. The number of ether oxygens (including phenoxy) is 1. The Morgan fingerprint density at radius 2 is 1.23 bits per heavy atom. The molecule has 0 aliphatic rings. The Morgan fingerprint density at radius 1 is 0.731 bits per heavy atom. The van der Waals surface area contributed by atoms with Gasteiger partial charge in [-0.1, -0.05) is 68.4 Å². The summed E-state index contributed by atoms with van der Waals surface area (Å²) in [6.45, 7) is 3.94. The van der Waals surface area contributed by atoms with E-state index in [0.29, 0.717) is 0 Å². The fourth-order valence-corrected chi connectivity index (χ4v) is 2.43. The molecule has 0 rings (SSSR count). The molecule has 0 bridgehead atoms. The van der Waals surface area contributed by atoms with Gasteiger partial charge in [0.25, 0.3) is 0 Å². The molecule has 0 fully saturated rings. The summed E-state index contributed by atoms with van der Waals surface area (Å²) in [5, 5.41) is 17.9. The van der Waals surface area contributed by atoms with Crippen molar-refractivity contribution in [2.75, 3.05) is 13.2 Å². The molecule has 1 unspecified atom stereocenters. The second-order valence-electron chi connectivity index (χ2n) is 6.60. The molecule has 0 saturated carbocycles. The van der Waals surface area contributed by atoms with Crippen molar-refractivity contribution in [2.45, 2.75) is 83.8 Å². The predicted molar refractivity (Wildman–Crippen MR) is 112 cm³/mol. The van der Waals surface area contributed by atoms with Crippen molar-refractivity contribution in [3.8, 4) is 0 Å². The Hall–Kier alpha value is -1.16. The zero-order valence-corrected chi connectivity index (χ0v) is 16.9. The zero-order chi connectivity index (χ0) is 19.3. The monoisotopic (exact) mass is 364 g/mol. The van der Waals surface area contributed by atoms with Gasteiger partial charge in [0.05, 0.1) is 19.3 Å². The van der Waals surface area contributed by atoms with Crippen molar-refractivity contribution in [1.82, 2.24) is 0 Å². The van der Waals surface area contributed by atoms with Crippen LogP contribution in [0.5, 0.6) is 0 Å². The Morgan fingerprint density at radius 3 is 1.73 bits per heavy atom. The molecule has 0 heterocycles. The highest BCUT2D eigenvalue weighted by Gasteiger charge is 2.10. The molecule has 150 valence electrons. The quantitative estimate of drug-likeness (QED) is 0.265. The number of aliphatic hydroxyl groups excluding tert-OH is 2. The highest BCUT2D eigenvalue weighted by atomic mass is 16.5. The van der Waals surface area contributed by atoms with Crippen LogP contribution in [0.2, 0.25) is 0 Å². The summed E-state index contributed by atoms with van der Waals surface area (Å²) in [5.41, 5.74) is 0. The van der Waals surface area contributed by atoms with Gasteiger partial charge >= 0.3 is 0 Å². The molecule has 0 aliphatic carbocycles. The first-order valence-corrected chi connectivity index (χ1v) is 10.2. The van der Waals surface area contributed by atoms with Crippen LogP contribution >= 0.6 is 0 Å². The van der Waals surface area contributed by atoms with Gasteiger partial charge in [0.1, 0.15) is 6.10 Å². The number of unbranched alkanes of at least 4 members (excludes halogenated alkanes) is 3. The van der Waals surface area contributed by atoms with Crippen LogP contribution in [0, 0.1) is 0 Å². The lowest BCUT2D eigenvalue weighted by atomic mass is 10.2. The van der Waals surface area contributed by atoms with Gasteiger partial charge in [0.15, 0.2) is 0 Å². The third-order valence-corrected chi connectivity index (χ3v) is 4.03. The molecule has 3 heteroatoms. The first-order chi connectivity index (χ1) is 12.7. The van der Waals surface area contributed by atoms with Gasteiger partial charge in [0, 0.05) is 0 Å². The third kappa shape index (κ3) is 17.7. The summed E-state index contributed by atoms with van der Waals surface area (Å²) in [4.78, 5) is 0. The van der Waals surface area contributed by atoms with E-state index in [2.05, 4.69) is 55.5 Å². The lowest BCUT2D eigenvalue weighted by molar-refractivity contribution is -0.0582. The van der Waals surface area contributed by atoms with Crippen LogP contribution in [-0.4, -0.2) is 35.6 Å². The minimum atomic E-state index is -0.457. The Kier molecular flexibility index (Phi) is 19.3. The van der Waals surface area contributed by atoms with Gasteiger partial charge in [0.2, 0.25) is 0 Å². The van der Waals surface area contributed by atoms with E-state index >= 15 is 0 Å². The van der Waals surface area contributed by atoms with Gasteiger partial charge in [-0.25, -0.2) is 0 Å². The number of aliphatic hydroxyl groups is 2. The van der Waals surface area contributed by atoms with E-state index in [9.17, 15) is 0 Å². The Labute approximate surface area is 161 Å². The second kappa shape index (κ2) is 20.2. The van der Waals surface area contributed by atoms with E-state index in [1.54, 1.807) is 0 Å². The molecule has 0 spiro atoms. The normalized spacial score (nSPS) is 14.0. The van der Waals surface area contributed by atoms with E-state index in [1.165, 1.54) is 25.7 Å². The van der Waals surface area contributed by atoms with Crippen molar-refractivity contribution in [2.24, 2.45) is 0 Å². The van der Waals surface area contributed by atoms with Crippen molar-refractivity contribution >= 4 is 0 Å². The number of rotatable bonds is 17. The molecule has 0 amide bonds. The maximum atomic E-state index is 8.97. The van der Waals surface area contributed by atoms with E-state index < -0.39 is 6.10 Å². The molecule has 0 aromatic rings. The average Bonchev–Trinajstić information content (AvgIpc) is 2.65. The van der Waals surface area contributed by atoms with Crippen molar-refractivity contribution in [3.05, 3.63) is 48.6 Å². The molecule has 0 aromatic heterocycles. The Bertz CT molecular complexity index is 392.